The predicted octanol–water partition coefficient (Wildman–Crippen LogP) is 4.26. The Morgan fingerprint density at radius 3 is 2.36 bits per heavy atom. The summed E-state index contributed by atoms with van der Waals surface area (Å²) in [6.45, 7) is 0. The van der Waals surface area contributed by atoms with Crippen LogP contribution in [0.3, 0.4) is 0 Å². The van der Waals surface area contributed by atoms with E-state index >= 15 is 0 Å². The third-order valence-electron chi connectivity index (χ3n) is 3.27. The highest BCUT2D eigenvalue weighted by atomic mass is 19.4. The van der Waals surface area contributed by atoms with E-state index < -0.39 is 29.4 Å². The molecule has 2 aromatic rings. The molecule has 0 amide bonds. The van der Waals surface area contributed by atoms with Crippen LogP contribution >= 0.6 is 0 Å². The molecule has 2 rings (SSSR count). The van der Waals surface area contributed by atoms with Crippen molar-refractivity contribution in [3.8, 4) is 0 Å². The molecule has 2 nitrogen and oxygen atoms in total. The first-order chi connectivity index (χ1) is 10.3. The molecule has 0 radical (unpaired) electrons. The van der Waals surface area contributed by atoms with Gasteiger partial charge in [-0.2, -0.15) is 13.2 Å². The summed E-state index contributed by atoms with van der Waals surface area (Å²) in [5.74, 6) is -3.36. The first-order valence-electron chi connectivity index (χ1n) is 6.42. The maximum Gasteiger partial charge on any atom is 0.416 e. The number of benzene rings is 2. The molecule has 1 atom stereocenters. The molecule has 22 heavy (non-hydrogen) atoms. The molecule has 0 aromatic heterocycles. The SMILES string of the molecule is O=C(O)C(Cc1cccc(F)c1)c1ccccc1C(F)(F)F. The lowest BCUT2D eigenvalue weighted by Gasteiger charge is -2.18. The third kappa shape index (κ3) is 3.63. The van der Waals surface area contributed by atoms with E-state index in [1.165, 1.54) is 30.3 Å². The van der Waals surface area contributed by atoms with Crippen LogP contribution in [0.15, 0.2) is 48.5 Å². The van der Waals surface area contributed by atoms with Crippen LogP contribution in [0, 0.1) is 5.82 Å². The monoisotopic (exact) mass is 312 g/mol. The largest absolute Gasteiger partial charge is 0.481 e. The Labute approximate surface area is 124 Å². The van der Waals surface area contributed by atoms with Crippen LogP contribution in [0.4, 0.5) is 17.6 Å². The van der Waals surface area contributed by atoms with Crippen molar-refractivity contribution >= 4 is 5.97 Å². The molecular weight excluding hydrogens is 300 g/mol. The van der Waals surface area contributed by atoms with E-state index in [0.29, 0.717) is 5.56 Å². The van der Waals surface area contributed by atoms with Crippen molar-refractivity contribution in [3.63, 3.8) is 0 Å². The van der Waals surface area contributed by atoms with Gasteiger partial charge in [0.1, 0.15) is 5.82 Å². The van der Waals surface area contributed by atoms with Crippen LogP contribution < -0.4 is 0 Å². The number of carboxylic acids is 1. The zero-order chi connectivity index (χ0) is 16.3. The summed E-state index contributed by atoms with van der Waals surface area (Å²) in [5.41, 5.74) is -0.991. The minimum absolute atomic E-state index is 0.222. The van der Waals surface area contributed by atoms with E-state index in [2.05, 4.69) is 0 Å². The number of rotatable bonds is 4. The third-order valence-corrected chi connectivity index (χ3v) is 3.27. The zero-order valence-corrected chi connectivity index (χ0v) is 11.3. The van der Waals surface area contributed by atoms with Crippen molar-refractivity contribution < 1.29 is 27.5 Å². The molecule has 2 aromatic carbocycles. The molecule has 1 unspecified atom stereocenters. The summed E-state index contributed by atoms with van der Waals surface area (Å²) in [5, 5.41) is 9.29. The average Bonchev–Trinajstić information content (AvgIpc) is 2.43. The minimum atomic E-state index is -4.65. The lowest BCUT2D eigenvalue weighted by atomic mass is 9.88. The van der Waals surface area contributed by atoms with Crippen molar-refractivity contribution in [2.75, 3.05) is 0 Å². The molecule has 0 bridgehead atoms. The van der Waals surface area contributed by atoms with E-state index in [0.717, 1.165) is 18.2 Å². The highest BCUT2D eigenvalue weighted by Gasteiger charge is 2.36. The molecule has 0 aliphatic carbocycles. The molecule has 1 N–H and O–H groups in total. The van der Waals surface area contributed by atoms with Gasteiger partial charge in [0.25, 0.3) is 0 Å². The van der Waals surface area contributed by atoms with E-state index in [1.54, 1.807) is 0 Å². The zero-order valence-electron chi connectivity index (χ0n) is 11.3. The molecule has 0 heterocycles. The molecule has 0 fully saturated rings. The highest BCUT2D eigenvalue weighted by Crippen LogP contribution is 2.36. The quantitative estimate of drug-likeness (QED) is 0.857. The van der Waals surface area contributed by atoms with Gasteiger partial charge in [-0.15, -0.1) is 0 Å². The van der Waals surface area contributed by atoms with Gasteiger partial charge in [0, 0.05) is 0 Å². The van der Waals surface area contributed by atoms with Crippen LogP contribution in [0.2, 0.25) is 0 Å². The second kappa shape index (κ2) is 6.17. The summed E-state index contributed by atoms with van der Waals surface area (Å²) in [4.78, 5) is 11.4. The van der Waals surface area contributed by atoms with E-state index in [1.807, 2.05) is 0 Å². The van der Waals surface area contributed by atoms with Gasteiger partial charge in [0.2, 0.25) is 0 Å². The van der Waals surface area contributed by atoms with Crippen molar-refractivity contribution in [2.24, 2.45) is 0 Å². The van der Waals surface area contributed by atoms with Crippen LogP contribution in [-0.2, 0) is 17.4 Å². The molecule has 0 aliphatic heterocycles. The summed E-state index contributed by atoms with van der Waals surface area (Å²) in [7, 11) is 0. The standard InChI is InChI=1S/C16H12F4O2/c17-11-5-3-4-10(8-11)9-13(15(21)22)12-6-1-2-7-14(12)16(18,19)20/h1-8,13H,9H2,(H,21,22). The van der Waals surface area contributed by atoms with E-state index in [-0.39, 0.29) is 12.0 Å². The fourth-order valence-electron chi connectivity index (χ4n) is 2.29. The van der Waals surface area contributed by atoms with Crippen molar-refractivity contribution in [2.45, 2.75) is 18.5 Å². The fraction of sp³-hybridized carbons (Fsp3) is 0.188. The summed E-state index contributed by atoms with van der Waals surface area (Å²) >= 11 is 0. The van der Waals surface area contributed by atoms with Crippen LogP contribution in [0.25, 0.3) is 0 Å². The number of aliphatic carboxylic acids is 1. The lowest BCUT2D eigenvalue weighted by molar-refractivity contribution is -0.141. The summed E-state index contributed by atoms with van der Waals surface area (Å²) < 4.78 is 52.2. The number of alkyl halides is 3. The minimum Gasteiger partial charge on any atom is -0.481 e. The van der Waals surface area contributed by atoms with E-state index in [4.69, 9.17) is 0 Å². The normalized spacial score (nSPS) is 12.9. The van der Waals surface area contributed by atoms with Gasteiger partial charge in [-0.1, -0.05) is 30.3 Å². The molecular formula is C16H12F4O2. The maximum atomic E-state index is 13.2. The van der Waals surface area contributed by atoms with Gasteiger partial charge < -0.3 is 5.11 Å². The Morgan fingerprint density at radius 2 is 1.77 bits per heavy atom. The van der Waals surface area contributed by atoms with Gasteiger partial charge in [0.15, 0.2) is 0 Å². The molecule has 6 heteroatoms. The summed E-state index contributed by atoms with van der Waals surface area (Å²) in [6.07, 6.45) is -4.87. The van der Waals surface area contributed by atoms with E-state index in [9.17, 15) is 27.5 Å². The van der Waals surface area contributed by atoms with Crippen molar-refractivity contribution in [3.05, 3.63) is 71.0 Å². The van der Waals surface area contributed by atoms with Gasteiger partial charge in [0.05, 0.1) is 11.5 Å². The number of carbonyl (C=O) groups is 1. The fourth-order valence-corrected chi connectivity index (χ4v) is 2.29. The van der Waals surface area contributed by atoms with Crippen LogP contribution in [-0.4, -0.2) is 11.1 Å². The second-order valence-electron chi connectivity index (χ2n) is 4.81. The molecule has 0 saturated heterocycles. The van der Waals surface area contributed by atoms with Crippen LogP contribution in [0.1, 0.15) is 22.6 Å². The Bertz CT molecular complexity index is 680. The molecule has 0 saturated carbocycles. The first kappa shape index (κ1) is 16.0. The Morgan fingerprint density at radius 1 is 1.09 bits per heavy atom. The Kier molecular flexibility index (Phi) is 4.49. The summed E-state index contributed by atoms with van der Waals surface area (Å²) in [6, 6.07) is 9.71. The number of hydrogen-bond acceptors (Lipinski definition) is 1. The molecule has 116 valence electrons. The van der Waals surface area contributed by atoms with Gasteiger partial charge in [-0.25, -0.2) is 4.39 Å². The van der Waals surface area contributed by atoms with Gasteiger partial charge >= 0.3 is 12.1 Å². The average molecular weight is 312 g/mol. The first-order valence-corrected chi connectivity index (χ1v) is 6.42. The molecule has 0 aliphatic rings. The Balaban J connectivity index is 2.44. The van der Waals surface area contributed by atoms with Crippen molar-refractivity contribution in [1.82, 2.24) is 0 Å². The number of halogens is 4. The Hall–Kier alpha value is -2.37. The van der Waals surface area contributed by atoms with Gasteiger partial charge in [-0.05, 0) is 35.7 Å². The van der Waals surface area contributed by atoms with Crippen molar-refractivity contribution in [1.29, 1.82) is 0 Å². The predicted molar refractivity (Wildman–Crippen MR) is 71.9 cm³/mol. The molecule has 0 spiro atoms. The lowest BCUT2D eigenvalue weighted by Crippen LogP contribution is -2.19. The van der Waals surface area contributed by atoms with Crippen LogP contribution in [0.5, 0.6) is 0 Å². The second-order valence-corrected chi connectivity index (χ2v) is 4.81. The highest BCUT2D eigenvalue weighted by molar-refractivity contribution is 5.77. The number of carboxylic acid groups (broad SMARTS) is 1. The van der Waals surface area contributed by atoms with Gasteiger partial charge in [-0.3, -0.25) is 4.79 Å². The number of hydrogen-bond donors (Lipinski definition) is 1. The smallest absolute Gasteiger partial charge is 0.416 e. The topological polar surface area (TPSA) is 37.3 Å². The maximum absolute atomic E-state index is 13.2.